The molecule has 0 saturated carbocycles. The maximum atomic E-state index is 11.3. The Morgan fingerprint density at radius 1 is 1.26 bits per heavy atom. The SMILES string of the molecule is CNC(CN(CC=O)C(=O)O)N1CCN(c2cccc(-c3ccc(C#N)cc3)n2)CC1. The van der Waals surface area contributed by atoms with E-state index in [9.17, 15) is 14.7 Å². The second kappa shape index (κ2) is 10.5. The van der Waals surface area contributed by atoms with Crippen molar-refractivity contribution in [2.24, 2.45) is 0 Å². The largest absolute Gasteiger partial charge is 0.465 e. The fourth-order valence-electron chi connectivity index (χ4n) is 3.66. The van der Waals surface area contributed by atoms with Crippen molar-refractivity contribution < 1.29 is 14.7 Å². The van der Waals surface area contributed by atoms with Crippen LogP contribution in [-0.4, -0.2) is 84.8 Å². The van der Waals surface area contributed by atoms with Crippen LogP contribution < -0.4 is 10.2 Å². The highest BCUT2D eigenvalue weighted by atomic mass is 16.4. The third-order valence-corrected chi connectivity index (χ3v) is 5.42. The van der Waals surface area contributed by atoms with E-state index in [0.29, 0.717) is 11.8 Å². The minimum atomic E-state index is -1.10. The van der Waals surface area contributed by atoms with Crippen LogP contribution in [0.15, 0.2) is 42.5 Å². The fraction of sp³-hybridized carbons (Fsp3) is 0.364. The van der Waals surface area contributed by atoms with Crippen LogP contribution in [0.3, 0.4) is 0 Å². The predicted octanol–water partition coefficient (Wildman–Crippen LogP) is 1.47. The zero-order chi connectivity index (χ0) is 22.2. The van der Waals surface area contributed by atoms with Crippen molar-refractivity contribution in [3.8, 4) is 17.3 Å². The molecule has 1 aromatic heterocycles. The molecule has 2 heterocycles. The summed E-state index contributed by atoms with van der Waals surface area (Å²) in [6, 6.07) is 15.4. The molecule has 0 spiro atoms. The molecule has 1 atom stereocenters. The van der Waals surface area contributed by atoms with E-state index in [4.69, 9.17) is 10.2 Å². The number of benzene rings is 1. The minimum absolute atomic E-state index is 0.139. The summed E-state index contributed by atoms with van der Waals surface area (Å²) in [7, 11) is 1.79. The van der Waals surface area contributed by atoms with Crippen molar-refractivity contribution in [1.82, 2.24) is 20.1 Å². The molecule has 1 aromatic carbocycles. The number of nitrogens with zero attached hydrogens (tertiary/aromatic N) is 5. The van der Waals surface area contributed by atoms with Crippen LogP contribution in [0.1, 0.15) is 5.56 Å². The number of nitrogens with one attached hydrogen (secondary N) is 1. The van der Waals surface area contributed by atoms with E-state index >= 15 is 0 Å². The third kappa shape index (κ3) is 5.57. The lowest BCUT2D eigenvalue weighted by Gasteiger charge is -2.40. The maximum Gasteiger partial charge on any atom is 0.407 e. The van der Waals surface area contributed by atoms with Gasteiger partial charge >= 0.3 is 6.09 Å². The topological polar surface area (TPSA) is 113 Å². The summed E-state index contributed by atoms with van der Waals surface area (Å²) in [5.74, 6) is 0.885. The highest BCUT2D eigenvalue weighted by molar-refractivity contribution is 5.69. The number of carboxylic acid groups (broad SMARTS) is 1. The molecule has 1 aliphatic rings. The van der Waals surface area contributed by atoms with Crippen LogP contribution >= 0.6 is 0 Å². The van der Waals surface area contributed by atoms with Gasteiger partial charge in [0, 0.05) is 31.7 Å². The molecule has 31 heavy (non-hydrogen) atoms. The standard InChI is InChI=1S/C22H26N6O3/c1-24-21(16-28(13-14-29)22(30)31)27-11-9-26(10-12-27)20-4-2-3-19(25-20)18-7-5-17(15-23)6-8-18/h2-8,14,21,24H,9-13,16H2,1H3,(H,30,31). The van der Waals surface area contributed by atoms with Crippen LogP contribution in [0.2, 0.25) is 0 Å². The number of pyridine rings is 1. The average Bonchev–Trinajstić information content (AvgIpc) is 2.82. The first-order valence-corrected chi connectivity index (χ1v) is 10.1. The molecule has 9 nitrogen and oxygen atoms in total. The van der Waals surface area contributed by atoms with E-state index in [1.54, 1.807) is 19.2 Å². The Morgan fingerprint density at radius 3 is 2.55 bits per heavy atom. The van der Waals surface area contributed by atoms with Crippen molar-refractivity contribution in [3.63, 3.8) is 0 Å². The number of hydrogen-bond acceptors (Lipinski definition) is 7. The molecule has 2 aromatic rings. The Balaban J connectivity index is 1.64. The van der Waals surface area contributed by atoms with Gasteiger partial charge in [-0.15, -0.1) is 0 Å². The van der Waals surface area contributed by atoms with E-state index in [0.717, 1.165) is 48.2 Å². The van der Waals surface area contributed by atoms with Crippen LogP contribution in [0, 0.1) is 11.3 Å². The van der Waals surface area contributed by atoms with Crippen molar-refractivity contribution in [2.75, 3.05) is 51.2 Å². The first-order chi connectivity index (χ1) is 15.0. The smallest absolute Gasteiger partial charge is 0.407 e. The Labute approximate surface area is 181 Å². The van der Waals surface area contributed by atoms with Gasteiger partial charge in [0.25, 0.3) is 0 Å². The summed E-state index contributed by atoms with van der Waals surface area (Å²) in [5, 5.41) is 21.4. The molecule has 0 aliphatic carbocycles. The number of carbonyl (C=O) groups excluding carboxylic acids is 1. The van der Waals surface area contributed by atoms with Crippen LogP contribution in [0.25, 0.3) is 11.3 Å². The quantitative estimate of drug-likeness (QED) is 0.615. The van der Waals surface area contributed by atoms with Gasteiger partial charge in [-0.2, -0.15) is 5.26 Å². The van der Waals surface area contributed by atoms with Gasteiger partial charge in [0.1, 0.15) is 12.1 Å². The molecular formula is C22H26N6O3. The summed E-state index contributed by atoms with van der Waals surface area (Å²) in [4.78, 5) is 32.4. The average molecular weight is 422 g/mol. The molecule has 2 N–H and O–H groups in total. The predicted molar refractivity (Wildman–Crippen MR) is 117 cm³/mol. The Morgan fingerprint density at radius 2 is 1.97 bits per heavy atom. The second-order valence-electron chi connectivity index (χ2n) is 7.25. The summed E-state index contributed by atoms with van der Waals surface area (Å²) in [6.07, 6.45) is -0.670. The molecule has 1 unspecified atom stereocenters. The zero-order valence-electron chi connectivity index (χ0n) is 17.4. The minimum Gasteiger partial charge on any atom is -0.465 e. The lowest BCUT2D eigenvalue weighted by molar-refractivity contribution is -0.108. The van der Waals surface area contributed by atoms with Gasteiger partial charge in [-0.05, 0) is 31.3 Å². The monoisotopic (exact) mass is 422 g/mol. The number of aldehydes is 1. The molecule has 0 bridgehead atoms. The molecule has 1 aliphatic heterocycles. The first-order valence-electron chi connectivity index (χ1n) is 10.1. The van der Waals surface area contributed by atoms with Gasteiger partial charge in [0.15, 0.2) is 0 Å². The van der Waals surface area contributed by atoms with Gasteiger partial charge in [-0.1, -0.05) is 18.2 Å². The van der Waals surface area contributed by atoms with Crippen LogP contribution in [-0.2, 0) is 4.79 Å². The second-order valence-corrected chi connectivity index (χ2v) is 7.25. The number of nitriles is 1. The maximum absolute atomic E-state index is 11.3. The van der Waals surface area contributed by atoms with Gasteiger partial charge in [0.2, 0.25) is 0 Å². The van der Waals surface area contributed by atoms with E-state index in [2.05, 4.69) is 21.2 Å². The number of hydrogen-bond donors (Lipinski definition) is 2. The fourth-order valence-corrected chi connectivity index (χ4v) is 3.66. The van der Waals surface area contributed by atoms with Crippen molar-refractivity contribution in [2.45, 2.75) is 6.17 Å². The molecule has 162 valence electrons. The van der Waals surface area contributed by atoms with E-state index < -0.39 is 6.09 Å². The number of likely N-dealkylation sites (N-methyl/N-ethyl adjacent to an activating group) is 1. The molecule has 0 radical (unpaired) electrons. The number of aromatic nitrogens is 1. The van der Waals surface area contributed by atoms with Gasteiger partial charge in [-0.3, -0.25) is 9.80 Å². The normalized spacial score (nSPS) is 15.2. The van der Waals surface area contributed by atoms with Gasteiger partial charge in [-0.25, -0.2) is 9.78 Å². The summed E-state index contributed by atoms with van der Waals surface area (Å²) >= 11 is 0. The highest BCUT2D eigenvalue weighted by Crippen LogP contribution is 2.22. The summed E-state index contributed by atoms with van der Waals surface area (Å²) < 4.78 is 0. The molecule has 1 amide bonds. The Bertz CT molecular complexity index is 935. The van der Waals surface area contributed by atoms with Crippen molar-refractivity contribution >= 4 is 18.2 Å². The number of amides is 1. The van der Waals surface area contributed by atoms with Gasteiger partial charge in [0.05, 0.1) is 36.6 Å². The molecule has 1 fully saturated rings. The number of piperazine rings is 1. The lowest BCUT2D eigenvalue weighted by Crippen LogP contribution is -2.58. The van der Waals surface area contributed by atoms with E-state index in [1.165, 1.54) is 0 Å². The van der Waals surface area contributed by atoms with E-state index in [-0.39, 0.29) is 19.3 Å². The number of rotatable bonds is 8. The summed E-state index contributed by atoms with van der Waals surface area (Å²) in [5.41, 5.74) is 2.42. The van der Waals surface area contributed by atoms with Crippen LogP contribution in [0.4, 0.5) is 10.6 Å². The molecule has 1 saturated heterocycles. The zero-order valence-corrected chi connectivity index (χ0v) is 17.4. The number of anilines is 1. The Kier molecular flexibility index (Phi) is 7.54. The Hall–Kier alpha value is -3.48. The molecular weight excluding hydrogens is 396 g/mol. The lowest BCUT2D eigenvalue weighted by atomic mass is 10.1. The first kappa shape index (κ1) is 22.2. The molecule has 9 heteroatoms. The van der Waals surface area contributed by atoms with Gasteiger partial charge < -0.3 is 20.1 Å². The molecule has 3 rings (SSSR count). The van der Waals surface area contributed by atoms with Crippen LogP contribution in [0.5, 0.6) is 0 Å². The van der Waals surface area contributed by atoms with Crippen molar-refractivity contribution in [1.29, 1.82) is 5.26 Å². The number of carbonyl (C=O) groups is 2. The van der Waals surface area contributed by atoms with Crippen molar-refractivity contribution in [3.05, 3.63) is 48.0 Å². The van der Waals surface area contributed by atoms with E-state index in [1.807, 2.05) is 30.3 Å². The third-order valence-electron chi connectivity index (χ3n) is 5.42. The highest BCUT2D eigenvalue weighted by Gasteiger charge is 2.26. The summed E-state index contributed by atoms with van der Waals surface area (Å²) in [6.45, 7) is 3.06.